The van der Waals surface area contributed by atoms with Crippen LogP contribution in [0.4, 0.5) is 0 Å². The van der Waals surface area contributed by atoms with Gasteiger partial charge in [-0.25, -0.2) is 4.99 Å². The Balaban J connectivity index is 1.93. The minimum Gasteiger partial charge on any atom is -0.473 e. The van der Waals surface area contributed by atoms with Gasteiger partial charge in [0.1, 0.15) is 14.5 Å². The molecular weight excluding hydrogens is 269 g/mol. The topological polar surface area (TPSA) is 21.6 Å². The van der Waals surface area contributed by atoms with Crippen molar-refractivity contribution in [3.8, 4) is 0 Å². The quantitative estimate of drug-likeness (QED) is 0.326. The molecule has 2 radical (unpaired) electrons. The van der Waals surface area contributed by atoms with Crippen LogP contribution in [-0.2, 0) is 17.8 Å². The lowest BCUT2D eigenvalue weighted by molar-refractivity contribution is 0.197. The van der Waals surface area contributed by atoms with Gasteiger partial charge in [0.05, 0.1) is 0 Å². The number of nitrogens with zero attached hydrogens (tertiary/aromatic N) is 1. The molecule has 0 spiro atoms. The normalized spacial score (nSPS) is 12.0. The van der Waals surface area contributed by atoms with Crippen LogP contribution in [-0.4, -0.2) is 14.6 Å². The first-order chi connectivity index (χ1) is 10.8. The molecule has 0 bridgehead atoms. The van der Waals surface area contributed by atoms with Gasteiger partial charge < -0.3 is 4.74 Å². The first-order valence-corrected chi connectivity index (χ1v) is 7.11. The van der Waals surface area contributed by atoms with Crippen LogP contribution in [0.15, 0.2) is 89.2 Å². The number of ether oxygens (including phenoxy) is 1. The molecule has 0 aliphatic rings. The van der Waals surface area contributed by atoms with Gasteiger partial charge in [-0.2, -0.15) is 0 Å². The molecule has 0 aliphatic carbocycles. The Hall–Kier alpha value is -2.55. The van der Waals surface area contributed by atoms with Crippen LogP contribution in [0.25, 0.3) is 0 Å². The van der Waals surface area contributed by atoms with E-state index in [0.717, 1.165) is 11.0 Å². The van der Waals surface area contributed by atoms with Crippen molar-refractivity contribution in [3.63, 3.8) is 0 Å². The summed E-state index contributed by atoms with van der Waals surface area (Å²) in [5, 5.41) is 0. The lowest BCUT2D eigenvalue weighted by Gasteiger charge is -2.06. The zero-order valence-corrected chi connectivity index (χ0v) is 12.5. The molecule has 108 valence electrons. The Morgan fingerprint density at radius 2 is 1.55 bits per heavy atom. The van der Waals surface area contributed by atoms with Gasteiger partial charge in [-0.1, -0.05) is 66.7 Å². The number of hydrogen-bond donors (Lipinski definition) is 0. The minimum atomic E-state index is 0.456. The SMILES string of the molecule is [B]/C(=C/C=C(\N=C)OCc1ccccc1)Cc1ccccc1. The van der Waals surface area contributed by atoms with Gasteiger partial charge in [0.25, 0.3) is 0 Å². The van der Waals surface area contributed by atoms with Crippen LogP contribution in [0.1, 0.15) is 11.1 Å². The summed E-state index contributed by atoms with van der Waals surface area (Å²) in [6, 6.07) is 20.0. The molecule has 0 N–H and O–H groups in total. The van der Waals surface area contributed by atoms with Crippen LogP contribution >= 0.6 is 0 Å². The van der Waals surface area contributed by atoms with Crippen molar-refractivity contribution in [2.75, 3.05) is 0 Å². The molecule has 2 aromatic carbocycles. The van der Waals surface area contributed by atoms with Crippen molar-refractivity contribution in [2.24, 2.45) is 4.99 Å². The molecule has 0 saturated heterocycles. The summed E-state index contributed by atoms with van der Waals surface area (Å²) in [5.74, 6) is 0.458. The Kier molecular flexibility index (Phi) is 6.25. The summed E-state index contributed by atoms with van der Waals surface area (Å²) in [6.07, 6.45) is 4.25. The average Bonchev–Trinajstić information content (AvgIpc) is 2.57. The van der Waals surface area contributed by atoms with E-state index in [2.05, 4.69) is 11.7 Å². The maximum atomic E-state index is 6.01. The lowest BCUT2D eigenvalue weighted by atomic mass is 9.89. The maximum absolute atomic E-state index is 6.01. The Labute approximate surface area is 133 Å². The van der Waals surface area contributed by atoms with E-state index in [-0.39, 0.29) is 0 Å². The zero-order valence-electron chi connectivity index (χ0n) is 12.5. The smallest absolute Gasteiger partial charge is 0.212 e. The van der Waals surface area contributed by atoms with E-state index in [1.807, 2.05) is 66.7 Å². The molecule has 0 aliphatic heterocycles. The van der Waals surface area contributed by atoms with Crippen molar-refractivity contribution >= 4 is 14.6 Å². The standard InChI is InChI=1S/C19H18BNO/c1-21-19(22-15-17-10-6-3-7-11-17)13-12-18(20)14-16-8-4-2-5-9-16/h2-13H,1,14-15H2/b18-12+,19-13+. The van der Waals surface area contributed by atoms with E-state index in [0.29, 0.717) is 18.9 Å². The van der Waals surface area contributed by atoms with Gasteiger partial charge in [0.2, 0.25) is 5.88 Å². The molecule has 0 atom stereocenters. The predicted octanol–water partition coefficient (Wildman–Crippen LogP) is 4.04. The summed E-state index contributed by atoms with van der Waals surface area (Å²) >= 11 is 0. The third-order valence-electron chi connectivity index (χ3n) is 3.08. The minimum absolute atomic E-state index is 0.456. The summed E-state index contributed by atoms with van der Waals surface area (Å²) in [7, 11) is 6.01. The third-order valence-corrected chi connectivity index (χ3v) is 3.08. The zero-order chi connectivity index (χ0) is 15.6. The first kappa shape index (κ1) is 15.8. The van der Waals surface area contributed by atoms with Crippen LogP contribution in [0.2, 0.25) is 0 Å². The summed E-state index contributed by atoms with van der Waals surface area (Å²) in [5.41, 5.74) is 3.00. The average molecular weight is 287 g/mol. The summed E-state index contributed by atoms with van der Waals surface area (Å²) < 4.78 is 5.61. The number of aliphatic imine (C=N–C) groups is 1. The second kappa shape index (κ2) is 8.68. The van der Waals surface area contributed by atoms with Crippen molar-refractivity contribution in [1.29, 1.82) is 0 Å². The highest BCUT2D eigenvalue weighted by molar-refractivity contribution is 6.21. The monoisotopic (exact) mass is 287 g/mol. The van der Waals surface area contributed by atoms with Gasteiger partial charge in [0, 0.05) is 0 Å². The van der Waals surface area contributed by atoms with Gasteiger partial charge in [-0.05, 0) is 30.3 Å². The van der Waals surface area contributed by atoms with Crippen LogP contribution in [0.3, 0.4) is 0 Å². The predicted molar refractivity (Wildman–Crippen MR) is 92.8 cm³/mol. The van der Waals surface area contributed by atoms with E-state index < -0.39 is 0 Å². The second-order valence-corrected chi connectivity index (χ2v) is 4.84. The molecule has 0 aromatic heterocycles. The fourth-order valence-corrected chi connectivity index (χ4v) is 1.95. The van der Waals surface area contributed by atoms with Crippen molar-refractivity contribution in [3.05, 3.63) is 95.3 Å². The number of benzene rings is 2. The number of rotatable bonds is 7. The van der Waals surface area contributed by atoms with Gasteiger partial charge in [-0.3, -0.25) is 0 Å². The lowest BCUT2D eigenvalue weighted by Crippen LogP contribution is -1.92. The van der Waals surface area contributed by atoms with Crippen LogP contribution < -0.4 is 0 Å². The second-order valence-electron chi connectivity index (χ2n) is 4.84. The molecule has 2 aromatic rings. The molecule has 0 amide bonds. The molecule has 0 unspecified atom stereocenters. The molecule has 2 rings (SSSR count). The number of allylic oxidation sites excluding steroid dienone is 3. The summed E-state index contributed by atoms with van der Waals surface area (Å²) in [6.45, 7) is 3.98. The van der Waals surface area contributed by atoms with Crippen molar-refractivity contribution < 1.29 is 4.74 Å². The molecule has 0 heterocycles. The number of hydrogen-bond acceptors (Lipinski definition) is 2. The van der Waals surface area contributed by atoms with Crippen molar-refractivity contribution in [1.82, 2.24) is 0 Å². The van der Waals surface area contributed by atoms with E-state index >= 15 is 0 Å². The van der Waals surface area contributed by atoms with Crippen molar-refractivity contribution in [2.45, 2.75) is 13.0 Å². The molecule has 2 nitrogen and oxygen atoms in total. The molecule has 22 heavy (non-hydrogen) atoms. The Morgan fingerprint density at radius 3 is 2.14 bits per heavy atom. The summed E-state index contributed by atoms with van der Waals surface area (Å²) in [4.78, 5) is 3.87. The van der Waals surface area contributed by atoms with Crippen LogP contribution in [0.5, 0.6) is 0 Å². The Bertz CT molecular complexity index is 648. The van der Waals surface area contributed by atoms with Crippen LogP contribution in [0, 0.1) is 0 Å². The maximum Gasteiger partial charge on any atom is 0.212 e. The first-order valence-electron chi connectivity index (χ1n) is 7.11. The molecular formula is C19H18BNO. The molecule has 3 heteroatoms. The Morgan fingerprint density at radius 1 is 0.955 bits per heavy atom. The largest absolute Gasteiger partial charge is 0.473 e. The molecule has 0 saturated carbocycles. The van der Waals surface area contributed by atoms with Gasteiger partial charge >= 0.3 is 0 Å². The fraction of sp³-hybridized carbons (Fsp3) is 0.105. The molecule has 0 fully saturated rings. The highest BCUT2D eigenvalue weighted by atomic mass is 16.5. The van der Waals surface area contributed by atoms with E-state index in [4.69, 9.17) is 12.6 Å². The van der Waals surface area contributed by atoms with E-state index in [1.165, 1.54) is 5.56 Å². The highest BCUT2D eigenvalue weighted by Crippen LogP contribution is 2.09. The van der Waals surface area contributed by atoms with E-state index in [1.54, 1.807) is 6.08 Å². The third kappa shape index (κ3) is 5.45. The van der Waals surface area contributed by atoms with E-state index in [9.17, 15) is 0 Å². The fourth-order valence-electron chi connectivity index (χ4n) is 1.95. The highest BCUT2D eigenvalue weighted by Gasteiger charge is 1.96. The van der Waals surface area contributed by atoms with Gasteiger partial charge in [0.15, 0.2) is 0 Å². The van der Waals surface area contributed by atoms with Gasteiger partial charge in [-0.15, -0.1) is 5.47 Å².